The van der Waals surface area contributed by atoms with Crippen LogP contribution in [0.5, 0.6) is 5.75 Å². The summed E-state index contributed by atoms with van der Waals surface area (Å²) in [6, 6.07) is 5.78. The topological polar surface area (TPSA) is 59.3 Å². The number of carbonyl (C=O) groups excluding carboxylic acids is 1. The first-order valence-electron chi connectivity index (χ1n) is 6.01. The Kier molecular flexibility index (Phi) is 5.62. The molecule has 0 aromatic heterocycles. The van der Waals surface area contributed by atoms with Crippen LogP contribution in [0.4, 0.5) is 0 Å². The molecule has 0 atom stereocenters. The normalized spacial score (nSPS) is 10.2. The molecule has 0 fully saturated rings. The van der Waals surface area contributed by atoms with Gasteiger partial charge in [-0.2, -0.15) is 5.26 Å². The summed E-state index contributed by atoms with van der Waals surface area (Å²) >= 11 is 0. The average molecular weight is 259 g/mol. The van der Waals surface area contributed by atoms with Crippen molar-refractivity contribution in [2.45, 2.75) is 20.3 Å². The van der Waals surface area contributed by atoms with Crippen molar-refractivity contribution in [2.24, 2.45) is 0 Å². The number of nitriles is 1. The zero-order chi connectivity index (χ0) is 14.3. The average Bonchev–Trinajstić information content (AvgIpc) is 2.38. The molecule has 1 rings (SSSR count). The summed E-state index contributed by atoms with van der Waals surface area (Å²) < 4.78 is 10.0. The van der Waals surface area contributed by atoms with Crippen LogP contribution in [0.15, 0.2) is 18.2 Å². The molecule has 0 amide bonds. The minimum Gasteiger partial charge on any atom is -0.497 e. The molecule has 0 unspecified atom stereocenters. The molecule has 19 heavy (non-hydrogen) atoms. The maximum atomic E-state index is 11.3. The van der Waals surface area contributed by atoms with Gasteiger partial charge in [0.2, 0.25) is 0 Å². The van der Waals surface area contributed by atoms with E-state index in [2.05, 4.69) is 6.07 Å². The Morgan fingerprint density at radius 2 is 2.21 bits per heavy atom. The van der Waals surface area contributed by atoms with Crippen LogP contribution in [-0.2, 0) is 16.0 Å². The SMILES string of the molecule is CCOC(=O)/C=C/c1c(C)cc(OC)cc1CC#N. The van der Waals surface area contributed by atoms with Gasteiger partial charge in [0.15, 0.2) is 0 Å². The number of hydrogen-bond donors (Lipinski definition) is 0. The van der Waals surface area contributed by atoms with E-state index < -0.39 is 0 Å². The molecule has 0 aliphatic heterocycles. The third kappa shape index (κ3) is 4.14. The van der Waals surface area contributed by atoms with Gasteiger partial charge in [0.1, 0.15) is 5.75 Å². The molecule has 0 radical (unpaired) electrons. The van der Waals surface area contributed by atoms with Gasteiger partial charge in [0.25, 0.3) is 0 Å². The van der Waals surface area contributed by atoms with Crippen molar-refractivity contribution < 1.29 is 14.3 Å². The van der Waals surface area contributed by atoms with Gasteiger partial charge >= 0.3 is 5.97 Å². The Bertz CT molecular complexity index is 527. The molecule has 4 heteroatoms. The minimum absolute atomic E-state index is 0.264. The Labute approximate surface area is 113 Å². The fourth-order valence-electron chi connectivity index (χ4n) is 1.77. The van der Waals surface area contributed by atoms with Gasteiger partial charge in [0.05, 0.1) is 26.2 Å². The third-order valence-electron chi connectivity index (χ3n) is 2.62. The van der Waals surface area contributed by atoms with Crippen LogP contribution < -0.4 is 4.74 Å². The zero-order valence-electron chi connectivity index (χ0n) is 11.4. The third-order valence-corrected chi connectivity index (χ3v) is 2.62. The Morgan fingerprint density at radius 3 is 2.79 bits per heavy atom. The highest BCUT2D eigenvalue weighted by Crippen LogP contribution is 2.24. The molecule has 0 bridgehead atoms. The summed E-state index contributed by atoms with van der Waals surface area (Å²) in [5.74, 6) is 0.316. The number of benzene rings is 1. The molecule has 0 heterocycles. The fraction of sp³-hybridized carbons (Fsp3) is 0.333. The van der Waals surface area contributed by atoms with E-state index in [1.54, 1.807) is 26.2 Å². The van der Waals surface area contributed by atoms with Crippen LogP contribution in [0.3, 0.4) is 0 Å². The summed E-state index contributed by atoms with van der Waals surface area (Å²) in [7, 11) is 1.58. The first-order valence-corrected chi connectivity index (χ1v) is 6.01. The van der Waals surface area contributed by atoms with Crippen molar-refractivity contribution in [3.8, 4) is 11.8 Å². The van der Waals surface area contributed by atoms with Gasteiger partial charge in [-0.05, 0) is 48.7 Å². The molecule has 0 aliphatic rings. The smallest absolute Gasteiger partial charge is 0.330 e. The molecule has 0 spiro atoms. The quantitative estimate of drug-likeness (QED) is 0.602. The highest BCUT2D eigenvalue weighted by atomic mass is 16.5. The van der Waals surface area contributed by atoms with Gasteiger partial charge in [-0.15, -0.1) is 0 Å². The molecule has 0 aliphatic carbocycles. The lowest BCUT2D eigenvalue weighted by Crippen LogP contribution is -2.00. The van der Waals surface area contributed by atoms with E-state index in [4.69, 9.17) is 14.7 Å². The van der Waals surface area contributed by atoms with Gasteiger partial charge in [-0.1, -0.05) is 0 Å². The van der Waals surface area contributed by atoms with Gasteiger partial charge in [0, 0.05) is 6.08 Å². The van der Waals surface area contributed by atoms with Crippen molar-refractivity contribution in [1.29, 1.82) is 5.26 Å². The molecule has 0 saturated heterocycles. The summed E-state index contributed by atoms with van der Waals surface area (Å²) in [5, 5.41) is 8.85. The second kappa shape index (κ2) is 7.22. The summed E-state index contributed by atoms with van der Waals surface area (Å²) in [6.07, 6.45) is 3.32. The van der Waals surface area contributed by atoms with Crippen molar-refractivity contribution in [1.82, 2.24) is 0 Å². The summed E-state index contributed by atoms with van der Waals surface area (Å²) in [5.41, 5.74) is 2.64. The molecule has 100 valence electrons. The number of aryl methyl sites for hydroxylation is 1. The summed E-state index contributed by atoms with van der Waals surface area (Å²) in [4.78, 5) is 11.3. The second-order valence-electron chi connectivity index (χ2n) is 3.94. The van der Waals surface area contributed by atoms with Crippen LogP contribution in [-0.4, -0.2) is 19.7 Å². The van der Waals surface area contributed by atoms with Crippen LogP contribution in [0.2, 0.25) is 0 Å². The zero-order valence-corrected chi connectivity index (χ0v) is 11.4. The predicted molar refractivity (Wildman–Crippen MR) is 72.7 cm³/mol. The molecule has 0 N–H and O–H groups in total. The fourth-order valence-corrected chi connectivity index (χ4v) is 1.77. The van der Waals surface area contributed by atoms with Gasteiger partial charge in [-0.3, -0.25) is 0 Å². The second-order valence-corrected chi connectivity index (χ2v) is 3.94. The van der Waals surface area contributed by atoms with Crippen LogP contribution in [0.25, 0.3) is 6.08 Å². The van der Waals surface area contributed by atoms with Crippen LogP contribution in [0, 0.1) is 18.3 Å². The number of esters is 1. The van der Waals surface area contributed by atoms with E-state index in [1.807, 2.05) is 13.0 Å². The van der Waals surface area contributed by atoms with E-state index >= 15 is 0 Å². The number of hydrogen-bond acceptors (Lipinski definition) is 4. The lowest BCUT2D eigenvalue weighted by Gasteiger charge is -2.10. The minimum atomic E-state index is -0.388. The number of nitrogens with zero attached hydrogens (tertiary/aromatic N) is 1. The lowest BCUT2D eigenvalue weighted by atomic mass is 9.99. The highest BCUT2D eigenvalue weighted by Gasteiger charge is 2.07. The first kappa shape index (κ1) is 14.8. The Hall–Kier alpha value is -2.28. The van der Waals surface area contributed by atoms with Crippen LogP contribution in [0.1, 0.15) is 23.6 Å². The van der Waals surface area contributed by atoms with E-state index in [1.165, 1.54) is 6.08 Å². The molecular weight excluding hydrogens is 242 g/mol. The predicted octanol–water partition coefficient (Wildman–Crippen LogP) is 2.65. The summed E-state index contributed by atoms with van der Waals surface area (Å²) in [6.45, 7) is 4.01. The number of ether oxygens (including phenoxy) is 2. The van der Waals surface area contributed by atoms with E-state index in [0.29, 0.717) is 12.4 Å². The largest absolute Gasteiger partial charge is 0.497 e. The molecule has 0 saturated carbocycles. The number of carbonyl (C=O) groups is 1. The van der Waals surface area contributed by atoms with Crippen LogP contribution >= 0.6 is 0 Å². The number of methoxy groups -OCH3 is 1. The Morgan fingerprint density at radius 1 is 1.47 bits per heavy atom. The highest BCUT2D eigenvalue weighted by molar-refractivity contribution is 5.87. The van der Waals surface area contributed by atoms with Gasteiger partial charge in [-0.25, -0.2) is 4.79 Å². The lowest BCUT2D eigenvalue weighted by molar-refractivity contribution is -0.137. The first-order chi connectivity index (χ1) is 9.12. The molecule has 1 aromatic rings. The van der Waals surface area contributed by atoms with Crippen molar-refractivity contribution >= 4 is 12.0 Å². The van der Waals surface area contributed by atoms with E-state index in [-0.39, 0.29) is 12.4 Å². The molecule has 1 aromatic carbocycles. The van der Waals surface area contributed by atoms with Crippen molar-refractivity contribution in [3.05, 3.63) is 34.9 Å². The van der Waals surface area contributed by atoms with E-state index in [0.717, 1.165) is 16.7 Å². The monoisotopic (exact) mass is 259 g/mol. The molecular formula is C15H17NO3. The van der Waals surface area contributed by atoms with Gasteiger partial charge < -0.3 is 9.47 Å². The van der Waals surface area contributed by atoms with E-state index in [9.17, 15) is 4.79 Å². The maximum Gasteiger partial charge on any atom is 0.330 e. The van der Waals surface area contributed by atoms with Crippen molar-refractivity contribution in [3.63, 3.8) is 0 Å². The van der Waals surface area contributed by atoms with Crippen molar-refractivity contribution in [2.75, 3.05) is 13.7 Å². The maximum absolute atomic E-state index is 11.3. The standard InChI is InChI=1S/C15H17NO3/c1-4-19-15(17)6-5-14-11(2)9-13(18-3)10-12(14)7-8-16/h5-6,9-10H,4,7H2,1-3H3/b6-5+. The number of rotatable bonds is 5. The molecule has 4 nitrogen and oxygen atoms in total. The Balaban J connectivity index is 3.11.